The Kier molecular flexibility index (Phi) is 5.35. The standard InChI is InChI=1S/C14H22N2O2S2/c1-15-20(17,18)14-9-4-3-8-13(14)16-11-6-5-7-12(10-11)19-2/h3-4,8-9,11-12,15-16H,5-7,10H2,1-2H3. The first-order chi connectivity index (χ1) is 9.56. The van der Waals surface area contributed by atoms with E-state index in [0.717, 1.165) is 12.8 Å². The van der Waals surface area contributed by atoms with Crippen LogP contribution in [0.15, 0.2) is 29.2 Å². The molecule has 1 aliphatic rings. The number of thioether (sulfide) groups is 1. The monoisotopic (exact) mass is 314 g/mol. The summed E-state index contributed by atoms with van der Waals surface area (Å²) in [5.74, 6) is 0. The molecule has 1 aromatic rings. The van der Waals surface area contributed by atoms with Crippen LogP contribution in [-0.4, -0.2) is 33.0 Å². The van der Waals surface area contributed by atoms with Gasteiger partial charge in [0, 0.05) is 11.3 Å². The first-order valence-corrected chi connectivity index (χ1v) is 9.66. The van der Waals surface area contributed by atoms with Crippen LogP contribution in [0.2, 0.25) is 0 Å². The van der Waals surface area contributed by atoms with Gasteiger partial charge in [0.15, 0.2) is 0 Å². The molecule has 0 bridgehead atoms. The van der Waals surface area contributed by atoms with Gasteiger partial charge in [-0.2, -0.15) is 11.8 Å². The number of para-hydroxylation sites is 1. The first kappa shape index (κ1) is 15.7. The van der Waals surface area contributed by atoms with Gasteiger partial charge in [-0.1, -0.05) is 18.6 Å². The Morgan fingerprint density at radius 3 is 2.70 bits per heavy atom. The second kappa shape index (κ2) is 6.83. The van der Waals surface area contributed by atoms with Crippen molar-refractivity contribution in [3.05, 3.63) is 24.3 Å². The molecule has 112 valence electrons. The summed E-state index contributed by atoms with van der Waals surface area (Å²) in [6, 6.07) is 7.46. The third-order valence-electron chi connectivity index (χ3n) is 3.76. The van der Waals surface area contributed by atoms with E-state index < -0.39 is 10.0 Å². The highest BCUT2D eigenvalue weighted by Crippen LogP contribution is 2.30. The molecule has 0 aromatic heterocycles. The average molecular weight is 314 g/mol. The zero-order chi connectivity index (χ0) is 14.6. The molecule has 0 radical (unpaired) electrons. The highest BCUT2D eigenvalue weighted by molar-refractivity contribution is 7.99. The Balaban J connectivity index is 2.17. The lowest BCUT2D eigenvalue weighted by Crippen LogP contribution is -2.29. The molecule has 1 aliphatic carbocycles. The number of nitrogens with one attached hydrogen (secondary N) is 2. The molecule has 1 saturated carbocycles. The lowest BCUT2D eigenvalue weighted by atomic mass is 9.95. The van der Waals surface area contributed by atoms with Gasteiger partial charge in [-0.25, -0.2) is 13.1 Å². The summed E-state index contributed by atoms with van der Waals surface area (Å²) in [5.41, 5.74) is 0.702. The Morgan fingerprint density at radius 2 is 2.00 bits per heavy atom. The van der Waals surface area contributed by atoms with Crippen molar-refractivity contribution >= 4 is 27.5 Å². The van der Waals surface area contributed by atoms with Crippen LogP contribution in [-0.2, 0) is 10.0 Å². The first-order valence-electron chi connectivity index (χ1n) is 6.88. The van der Waals surface area contributed by atoms with Gasteiger partial charge < -0.3 is 5.32 Å². The normalized spacial score (nSPS) is 23.5. The Hall–Kier alpha value is -0.720. The summed E-state index contributed by atoms with van der Waals surface area (Å²) in [6.45, 7) is 0. The van der Waals surface area contributed by atoms with Crippen LogP contribution in [0.5, 0.6) is 0 Å². The maximum atomic E-state index is 12.0. The lowest BCUT2D eigenvalue weighted by Gasteiger charge is -2.30. The van der Waals surface area contributed by atoms with Gasteiger partial charge in [-0.05, 0) is 44.7 Å². The van der Waals surface area contributed by atoms with Crippen LogP contribution < -0.4 is 10.0 Å². The fourth-order valence-electron chi connectivity index (χ4n) is 2.64. The van der Waals surface area contributed by atoms with E-state index in [-0.39, 0.29) is 0 Å². The third-order valence-corrected chi connectivity index (χ3v) is 6.33. The van der Waals surface area contributed by atoms with Gasteiger partial charge >= 0.3 is 0 Å². The smallest absolute Gasteiger partial charge is 0.242 e. The summed E-state index contributed by atoms with van der Waals surface area (Å²) in [5, 5.41) is 4.10. The Labute approximate surface area is 125 Å². The zero-order valence-electron chi connectivity index (χ0n) is 11.9. The van der Waals surface area contributed by atoms with Crippen LogP contribution in [0.25, 0.3) is 0 Å². The van der Waals surface area contributed by atoms with Crippen molar-refractivity contribution in [2.45, 2.75) is 41.9 Å². The fourth-order valence-corrected chi connectivity index (χ4v) is 4.36. The van der Waals surface area contributed by atoms with Gasteiger partial charge in [0.25, 0.3) is 0 Å². The molecule has 20 heavy (non-hydrogen) atoms. The van der Waals surface area contributed by atoms with Crippen LogP contribution >= 0.6 is 11.8 Å². The van der Waals surface area contributed by atoms with Gasteiger partial charge in [0.1, 0.15) is 4.90 Å². The van der Waals surface area contributed by atoms with Crippen molar-refractivity contribution < 1.29 is 8.42 Å². The van der Waals surface area contributed by atoms with Crippen molar-refractivity contribution in [2.75, 3.05) is 18.6 Å². The van der Waals surface area contributed by atoms with E-state index in [4.69, 9.17) is 0 Å². The van der Waals surface area contributed by atoms with Crippen LogP contribution in [0.1, 0.15) is 25.7 Å². The predicted octanol–water partition coefficient (Wildman–Crippen LogP) is 2.68. The van der Waals surface area contributed by atoms with E-state index in [9.17, 15) is 8.42 Å². The van der Waals surface area contributed by atoms with Crippen LogP contribution in [0.4, 0.5) is 5.69 Å². The molecular weight excluding hydrogens is 292 g/mol. The Morgan fingerprint density at radius 1 is 1.25 bits per heavy atom. The number of rotatable bonds is 5. The highest BCUT2D eigenvalue weighted by Gasteiger charge is 2.23. The molecule has 1 aromatic carbocycles. The molecule has 2 N–H and O–H groups in total. The lowest BCUT2D eigenvalue weighted by molar-refractivity contribution is 0.473. The SMILES string of the molecule is CNS(=O)(=O)c1ccccc1NC1CCCC(SC)C1. The van der Waals surface area contributed by atoms with E-state index in [1.165, 1.54) is 19.9 Å². The number of anilines is 1. The minimum atomic E-state index is -3.42. The van der Waals surface area contributed by atoms with E-state index in [1.807, 2.05) is 23.9 Å². The molecule has 0 saturated heterocycles. The van der Waals surface area contributed by atoms with Gasteiger partial charge in [0.2, 0.25) is 10.0 Å². The van der Waals surface area contributed by atoms with Crippen molar-refractivity contribution in [3.63, 3.8) is 0 Å². The summed E-state index contributed by atoms with van der Waals surface area (Å²) in [7, 11) is -1.98. The minimum absolute atomic E-state index is 0.328. The van der Waals surface area contributed by atoms with Crippen molar-refractivity contribution in [2.24, 2.45) is 0 Å². The number of benzene rings is 1. The van der Waals surface area contributed by atoms with Crippen molar-refractivity contribution in [3.8, 4) is 0 Å². The fraction of sp³-hybridized carbons (Fsp3) is 0.571. The van der Waals surface area contributed by atoms with Gasteiger partial charge in [-0.15, -0.1) is 0 Å². The molecule has 0 amide bonds. The van der Waals surface area contributed by atoms with Crippen molar-refractivity contribution in [1.29, 1.82) is 0 Å². The average Bonchev–Trinajstić information content (AvgIpc) is 2.48. The number of sulfonamides is 1. The maximum Gasteiger partial charge on any atom is 0.242 e. The quantitative estimate of drug-likeness (QED) is 0.877. The van der Waals surface area contributed by atoms with Crippen LogP contribution in [0, 0.1) is 0 Å². The molecule has 0 spiro atoms. The summed E-state index contributed by atoms with van der Waals surface area (Å²) >= 11 is 1.90. The molecule has 2 unspecified atom stereocenters. The van der Waals surface area contributed by atoms with E-state index in [0.29, 0.717) is 21.9 Å². The van der Waals surface area contributed by atoms with Gasteiger partial charge in [-0.3, -0.25) is 0 Å². The molecular formula is C14H22N2O2S2. The summed E-state index contributed by atoms with van der Waals surface area (Å²) < 4.78 is 26.4. The Bertz CT molecular complexity index is 546. The van der Waals surface area contributed by atoms with Crippen molar-refractivity contribution in [1.82, 2.24) is 4.72 Å². The third kappa shape index (κ3) is 3.68. The second-order valence-electron chi connectivity index (χ2n) is 5.07. The van der Waals surface area contributed by atoms with E-state index >= 15 is 0 Å². The topological polar surface area (TPSA) is 58.2 Å². The summed E-state index contributed by atoms with van der Waals surface area (Å²) in [4.78, 5) is 0.328. The molecule has 0 heterocycles. The van der Waals surface area contributed by atoms with E-state index in [2.05, 4.69) is 16.3 Å². The van der Waals surface area contributed by atoms with E-state index in [1.54, 1.807) is 12.1 Å². The van der Waals surface area contributed by atoms with Gasteiger partial charge in [0.05, 0.1) is 5.69 Å². The molecule has 6 heteroatoms. The molecule has 2 atom stereocenters. The molecule has 2 rings (SSSR count). The minimum Gasteiger partial charge on any atom is -0.381 e. The maximum absolute atomic E-state index is 12.0. The second-order valence-corrected chi connectivity index (χ2v) is 8.06. The highest BCUT2D eigenvalue weighted by atomic mass is 32.2. The number of hydrogen-bond acceptors (Lipinski definition) is 4. The molecule has 0 aliphatic heterocycles. The largest absolute Gasteiger partial charge is 0.381 e. The molecule has 1 fully saturated rings. The summed E-state index contributed by atoms with van der Waals surface area (Å²) in [6.07, 6.45) is 6.80. The van der Waals surface area contributed by atoms with Crippen LogP contribution in [0.3, 0.4) is 0 Å². The number of hydrogen-bond donors (Lipinski definition) is 2. The predicted molar refractivity (Wildman–Crippen MR) is 85.9 cm³/mol. The molecule has 4 nitrogen and oxygen atoms in total. The zero-order valence-corrected chi connectivity index (χ0v) is 13.6.